The van der Waals surface area contributed by atoms with Gasteiger partial charge in [0.15, 0.2) is 0 Å². The second-order valence-electron chi connectivity index (χ2n) is 3.50. The van der Waals surface area contributed by atoms with Crippen LogP contribution in [0.5, 0.6) is 0 Å². The molecule has 18 heavy (non-hydrogen) atoms. The van der Waals surface area contributed by atoms with Crippen LogP contribution >= 0.6 is 11.3 Å². The Morgan fingerprint density at radius 2 is 2.28 bits per heavy atom. The van der Waals surface area contributed by atoms with E-state index in [-0.39, 0.29) is 13.0 Å². The number of hydrogen-bond acceptors (Lipinski definition) is 8. The monoisotopic (exact) mass is 314 g/mol. The van der Waals surface area contributed by atoms with E-state index in [9.17, 15) is 17.2 Å². The third-order valence-electron chi connectivity index (χ3n) is 1.85. The van der Waals surface area contributed by atoms with Gasteiger partial charge in [0.05, 0.1) is 39.8 Å². The van der Waals surface area contributed by atoms with Crippen molar-refractivity contribution in [1.82, 2.24) is 4.98 Å². The van der Waals surface area contributed by atoms with Gasteiger partial charge in [-0.1, -0.05) is 0 Å². The molecule has 1 rings (SSSR count). The molecule has 104 valence electrons. The van der Waals surface area contributed by atoms with Gasteiger partial charge in [0.1, 0.15) is 6.61 Å². The molecule has 1 aromatic rings. The lowest BCUT2D eigenvalue weighted by atomic mass is 10.2. The van der Waals surface area contributed by atoms with Crippen LogP contribution in [-0.4, -0.2) is 34.5 Å². The number of hydrogen-bond donors (Lipinski definition) is 0. The average Bonchev–Trinajstić information content (AvgIpc) is 2.59. The molecule has 0 spiro atoms. The van der Waals surface area contributed by atoms with Crippen LogP contribution < -0.4 is 0 Å². The summed E-state index contributed by atoms with van der Waals surface area (Å²) >= 11 is -1.34. The molecule has 10 heteroatoms. The largest absolute Gasteiger partial charge is 0.750 e. The summed E-state index contributed by atoms with van der Waals surface area (Å²) in [6, 6.07) is 0. The second kappa shape index (κ2) is 6.68. The Balaban J connectivity index is 2.62. The molecule has 0 N–H and O–H groups in total. The molecule has 1 aromatic heterocycles. The fraction of sp³-hybridized carbons (Fsp3) is 0.625. The summed E-state index contributed by atoms with van der Waals surface area (Å²) < 4.78 is 51.6. The zero-order chi connectivity index (χ0) is 13.8. The standard InChI is InChI=1S/C8H13NO6S3/c1-6(15-17(10)11)3-7-8(16-5-9-7)4-14-18(2,12)13/h5-6H,3-4H2,1-2H3,(H,10,11)/p-1. The van der Waals surface area contributed by atoms with E-state index in [1.165, 1.54) is 16.8 Å². The normalized spacial score (nSPS) is 15.5. The Labute approximate surface area is 112 Å². The molecule has 0 aromatic carbocycles. The van der Waals surface area contributed by atoms with Crippen molar-refractivity contribution in [1.29, 1.82) is 0 Å². The number of rotatable bonds is 7. The molecule has 0 aliphatic rings. The molecule has 0 aliphatic heterocycles. The van der Waals surface area contributed by atoms with Gasteiger partial charge in [0, 0.05) is 6.42 Å². The molecular formula is C8H12NO6S3-. The minimum Gasteiger partial charge on any atom is -0.750 e. The topological polar surface area (TPSA) is 106 Å². The van der Waals surface area contributed by atoms with E-state index < -0.39 is 27.6 Å². The Morgan fingerprint density at radius 1 is 1.61 bits per heavy atom. The number of thiazole rings is 1. The summed E-state index contributed by atoms with van der Waals surface area (Å²) in [6.07, 6.45) is 0.655. The molecule has 0 saturated carbocycles. The fourth-order valence-corrected chi connectivity index (χ4v) is 2.63. The molecule has 0 fully saturated rings. The first-order valence-electron chi connectivity index (χ1n) is 4.80. The van der Waals surface area contributed by atoms with Crippen molar-refractivity contribution in [2.45, 2.75) is 26.1 Å². The van der Waals surface area contributed by atoms with Gasteiger partial charge in [-0.15, -0.1) is 11.3 Å². The van der Waals surface area contributed by atoms with Crippen LogP contribution in [0, 0.1) is 0 Å². The molecule has 0 amide bonds. The van der Waals surface area contributed by atoms with Crippen LogP contribution in [0.3, 0.4) is 0 Å². The number of aromatic nitrogens is 1. The molecule has 1 heterocycles. The molecule has 2 unspecified atom stereocenters. The van der Waals surface area contributed by atoms with E-state index in [0.717, 1.165) is 6.26 Å². The van der Waals surface area contributed by atoms with Gasteiger partial charge >= 0.3 is 0 Å². The first kappa shape index (κ1) is 15.7. The Kier molecular flexibility index (Phi) is 5.82. The van der Waals surface area contributed by atoms with Crippen LogP contribution in [-0.2, 0) is 42.9 Å². The van der Waals surface area contributed by atoms with Gasteiger partial charge in [0.2, 0.25) is 0 Å². The molecule has 7 nitrogen and oxygen atoms in total. The molecule has 2 atom stereocenters. The van der Waals surface area contributed by atoms with Gasteiger partial charge in [-0.25, -0.2) is 9.19 Å². The highest BCUT2D eigenvalue weighted by Crippen LogP contribution is 2.18. The predicted octanol–water partition coefficient (Wildman–Crippen LogP) is 0.361. The summed E-state index contributed by atoms with van der Waals surface area (Å²) in [5.41, 5.74) is 2.11. The van der Waals surface area contributed by atoms with Crippen LogP contribution in [0.1, 0.15) is 17.5 Å². The van der Waals surface area contributed by atoms with Crippen molar-refractivity contribution in [2.24, 2.45) is 0 Å². The van der Waals surface area contributed by atoms with E-state index in [1.807, 2.05) is 0 Å². The lowest BCUT2D eigenvalue weighted by Gasteiger charge is -2.13. The van der Waals surface area contributed by atoms with Crippen molar-refractivity contribution in [2.75, 3.05) is 6.26 Å². The quantitative estimate of drug-likeness (QED) is 0.528. The molecule has 0 bridgehead atoms. The molecule has 0 aliphatic carbocycles. The molecule has 0 radical (unpaired) electrons. The Hall–Kier alpha value is -0.390. The summed E-state index contributed by atoms with van der Waals surface area (Å²) in [6.45, 7) is 1.47. The summed E-state index contributed by atoms with van der Waals surface area (Å²) in [7, 11) is -3.52. The van der Waals surface area contributed by atoms with Crippen LogP contribution in [0.25, 0.3) is 0 Å². The van der Waals surface area contributed by atoms with Crippen molar-refractivity contribution in [3.8, 4) is 0 Å². The van der Waals surface area contributed by atoms with Crippen molar-refractivity contribution >= 4 is 32.8 Å². The van der Waals surface area contributed by atoms with Gasteiger partial charge in [-0.2, -0.15) is 8.42 Å². The zero-order valence-corrected chi connectivity index (χ0v) is 12.1. The van der Waals surface area contributed by atoms with Gasteiger partial charge in [-0.05, 0) is 6.92 Å². The lowest BCUT2D eigenvalue weighted by molar-refractivity contribution is 0.217. The third-order valence-corrected chi connectivity index (χ3v) is 3.73. The van der Waals surface area contributed by atoms with Gasteiger partial charge in [0.25, 0.3) is 10.1 Å². The third kappa shape index (κ3) is 5.98. The summed E-state index contributed by atoms with van der Waals surface area (Å²) in [5.74, 6) is 0. The van der Waals surface area contributed by atoms with E-state index in [0.29, 0.717) is 10.6 Å². The lowest BCUT2D eigenvalue weighted by Crippen LogP contribution is -2.14. The van der Waals surface area contributed by atoms with Crippen molar-refractivity contribution in [3.63, 3.8) is 0 Å². The fourth-order valence-electron chi connectivity index (χ4n) is 1.18. The second-order valence-corrected chi connectivity index (χ2v) is 6.69. The highest BCUT2D eigenvalue weighted by atomic mass is 32.2. The minimum atomic E-state index is -3.52. The smallest absolute Gasteiger partial charge is 0.264 e. The Bertz CT molecular complexity index is 511. The first-order chi connectivity index (χ1) is 8.28. The van der Waals surface area contributed by atoms with E-state index in [2.05, 4.69) is 13.4 Å². The van der Waals surface area contributed by atoms with Crippen LogP contribution in [0.4, 0.5) is 0 Å². The maximum Gasteiger partial charge on any atom is 0.264 e. The highest BCUT2D eigenvalue weighted by molar-refractivity contribution is 7.85. The SMILES string of the molecule is CC(Cc1ncsc1COS(C)(=O)=O)OS(=O)[O-]. The van der Waals surface area contributed by atoms with Gasteiger partial charge < -0.3 is 4.55 Å². The summed E-state index contributed by atoms with van der Waals surface area (Å²) in [4.78, 5) is 4.66. The van der Waals surface area contributed by atoms with E-state index in [4.69, 9.17) is 0 Å². The maximum absolute atomic E-state index is 10.9. The minimum absolute atomic E-state index is 0.105. The predicted molar refractivity (Wildman–Crippen MR) is 64.9 cm³/mol. The molecule has 0 saturated heterocycles. The highest BCUT2D eigenvalue weighted by Gasteiger charge is 2.13. The van der Waals surface area contributed by atoms with Crippen LogP contribution in [0.2, 0.25) is 0 Å². The summed E-state index contributed by atoms with van der Waals surface area (Å²) in [5, 5.41) is 0. The zero-order valence-electron chi connectivity index (χ0n) is 9.69. The average molecular weight is 314 g/mol. The van der Waals surface area contributed by atoms with Crippen molar-refractivity contribution < 1.29 is 25.5 Å². The van der Waals surface area contributed by atoms with E-state index in [1.54, 1.807) is 6.92 Å². The van der Waals surface area contributed by atoms with Crippen molar-refractivity contribution in [3.05, 3.63) is 16.1 Å². The molecular weight excluding hydrogens is 302 g/mol. The van der Waals surface area contributed by atoms with E-state index >= 15 is 0 Å². The maximum atomic E-state index is 10.9. The Morgan fingerprint density at radius 3 is 2.83 bits per heavy atom. The van der Waals surface area contributed by atoms with Crippen LogP contribution in [0.15, 0.2) is 5.51 Å². The number of nitrogens with zero attached hydrogens (tertiary/aromatic N) is 1. The first-order valence-corrected chi connectivity index (χ1v) is 8.49. The van der Waals surface area contributed by atoms with Gasteiger partial charge in [-0.3, -0.25) is 8.37 Å².